The Hall–Kier alpha value is -3.68. The Kier molecular flexibility index (Phi) is 5.39. The first kappa shape index (κ1) is 19.1. The number of carbonyl (C=O) groups excluding carboxylic acids is 1. The number of fused-ring (bicyclic) bond motifs is 1. The van der Waals surface area contributed by atoms with Gasteiger partial charge in [0.2, 0.25) is 0 Å². The molecule has 1 aromatic heterocycles. The third-order valence-electron chi connectivity index (χ3n) is 4.30. The third kappa shape index (κ3) is 3.57. The van der Waals surface area contributed by atoms with Crippen LogP contribution in [0.25, 0.3) is 10.8 Å². The van der Waals surface area contributed by atoms with Crippen molar-refractivity contribution in [1.29, 1.82) is 0 Å². The molecule has 8 heteroatoms. The first-order valence-corrected chi connectivity index (χ1v) is 8.49. The minimum absolute atomic E-state index is 0.126. The van der Waals surface area contributed by atoms with E-state index >= 15 is 0 Å². The lowest BCUT2D eigenvalue weighted by molar-refractivity contribution is 0.0949. The second-order valence-corrected chi connectivity index (χ2v) is 6.03. The minimum Gasteiger partial charge on any atom is -0.493 e. The van der Waals surface area contributed by atoms with Crippen molar-refractivity contribution in [2.45, 2.75) is 6.92 Å². The average molecular weight is 380 g/mol. The fourth-order valence-electron chi connectivity index (χ4n) is 2.78. The molecule has 3 rings (SSSR count). The Balaban J connectivity index is 1.91. The average Bonchev–Trinajstić information content (AvgIpc) is 2.73. The van der Waals surface area contributed by atoms with Crippen LogP contribution in [0.15, 0.2) is 52.4 Å². The van der Waals surface area contributed by atoms with Crippen LogP contribution in [0.1, 0.15) is 23.0 Å². The molecule has 8 nitrogen and oxygen atoms in total. The molecule has 0 spiro atoms. The largest absolute Gasteiger partial charge is 0.493 e. The lowest BCUT2D eigenvalue weighted by Gasteiger charge is -2.10. The molecular formula is C20H20N4O4. The Bertz CT molecular complexity index is 1130. The third-order valence-corrected chi connectivity index (χ3v) is 4.30. The number of hydrogen-bond donors (Lipinski definition) is 1. The van der Waals surface area contributed by atoms with Crippen molar-refractivity contribution < 1.29 is 14.3 Å². The van der Waals surface area contributed by atoms with E-state index in [1.807, 2.05) is 6.07 Å². The molecular weight excluding hydrogens is 360 g/mol. The Morgan fingerprint density at radius 2 is 1.75 bits per heavy atom. The summed E-state index contributed by atoms with van der Waals surface area (Å²) in [7, 11) is 4.61. The number of nitrogens with one attached hydrogen (secondary N) is 1. The molecule has 1 amide bonds. The highest BCUT2D eigenvalue weighted by atomic mass is 16.5. The van der Waals surface area contributed by atoms with E-state index in [1.165, 1.54) is 7.05 Å². The van der Waals surface area contributed by atoms with Gasteiger partial charge in [-0.2, -0.15) is 10.2 Å². The van der Waals surface area contributed by atoms with Gasteiger partial charge < -0.3 is 9.47 Å². The van der Waals surface area contributed by atoms with Gasteiger partial charge in [-0.25, -0.2) is 10.1 Å². The van der Waals surface area contributed by atoms with Crippen LogP contribution in [-0.2, 0) is 7.05 Å². The summed E-state index contributed by atoms with van der Waals surface area (Å²) < 4.78 is 11.6. The highest BCUT2D eigenvalue weighted by Crippen LogP contribution is 2.27. The van der Waals surface area contributed by atoms with E-state index in [1.54, 1.807) is 57.5 Å². The first-order chi connectivity index (χ1) is 13.5. The standard InChI is InChI=1S/C20H20N4O4/c1-12(13-9-10-16(27-3)17(11-13)28-4)21-22-19(25)18-14-7-5-6-8-15(14)20(26)24(2)23-18/h5-11H,1-4H3,(H,22,25)/b21-12-. The normalized spacial score (nSPS) is 11.4. The first-order valence-electron chi connectivity index (χ1n) is 8.49. The number of hydrogen-bond acceptors (Lipinski definition) is 6. The number of amides is 1. The van der Waals surface area contributed by atoms with Gasteiger partial charge >= 0.3 is 0 Å². The molecule has 0 aliphatic rings. The minimum atomic E-state index is -0.508. The molecule has 0 saturated carbocycles. The fraction of sp³-hybridized carbons (Fsp3) is 0.200. The smallest absolute Gasteiger partial charge is 0.292 e. The number of rotatable bonds is 5. The number of hydrazone groups is 1. The highest BCUT2D eigenvalue weighted by molar-refractivity contribution is 6.06. The quantitative estimate of drug-likeness (QED) is 0.540. The topological polar surface area (TPSA) is 94.8 Å². The van der Waals surface area contributed by atoms with Crippen LogP contribution in [-0.4, -0.2) is 35.6 Å². The lowest BCUT2D eigenvalue weighted by Crippen LogP contribution is -2.27. The highest BCUT2D eigenvalue weighted by Gasteiger charge is 2.15. The number of benzene rings is 2. The second-order valence-electron chi connectivity index (χ2n) is 6.03. The zero-order valence-electron chi connectivity index (χ0n) is 16.0. The molecule has 0 bridgehead atoms. The van der Waals surface area contributed by atoms with E-state index in [0.717, 1.165) is 10.2 Å². The summed E-state index contributed by atoms with van der Waals surface area (Å²) in [5, 5.41) is 9.14. The van der Waals surface area contributed by atoms with Crippen LogP contribution in [0.2, 0.25) is 0 Å². The maximum atomic E-state index is 12.6. The molecule has 2 aromatic carbocycles. The summed E-state index contributed by atoms with van der Waals surface area (Å²) in [6.07, 6.45) is 0. The van der Waals surface area contributed by atoms with E-state index in [9.17, 15) is 9.59 Å². The summed E-state index contributed by atoms with van der Waals surface area (Å²) in [5.74, 6) is 0.655. The van der Waals surface area contributed by atoms with Gasteiger partial charge in [-0.3, -0.25) is 9.59 Å². The Morgan fingerprint density at radius 3 is 2.43 bits per heavy atom. The van der Waals surface area contributed by atoms with E-state index in [2.05, 4.69) is 15.6 Å². The summed E-state index contributed by atoms with van der Waals surface area (Å²) >= 11 is 0. The van der Waals surface area contributed by atoms with Crippen molar-refractivity contribution in [3.05, 3.63) is 64.1 Å². The van der Waals surface area contributed by atoms with E-state index < -0.39 is 5.91 Å². The maximum absolute atomic E-state index is 12.6. The van der Waals surface area contributed by atoms with Crippen LogP contribution >= 0.6 is 0 Å². The number of methoxy groups -OCH3 is 2. The van der Waals surface area contributed by atoms with Gasteiger partial charge in [0, 0.05) is 18.0 Å². The van der Waals surface area contributed by atoms with E-state index in [4.69, 9.17) is 9.47 Å². The number of nitrogens with zero attached hydrogens (tertiary/aromatic N) is 3. The van der Waals surface area contributed by atoms with Crippen molar-refractivity contribution in [3.63, 3.8) is 0 Å². The number of aromatic nitrogens is 2. The molecule has 0 unspecified atom stereocenters. The van der Waals surface area contributed by atoms with Crippen LogP contribution in [0, 0.1) is 0 Å². The Labute approximate surface area is 161 Å². The predicted molar refractivity (Wildman–Crippen MR) is 106 cm³/mol. The maximum Gasteiger partial charge on any atom is 0.292 e. The van der Waals surface area contributed by atoms with Gasteiger partial charge in [0.05, 0.1) is 25.3 Å². The van der Waals surface area contributed by atoms with Gasteiger partial charge in [0.15, 0.2) is 17.2 Å². The summed E-state index contributed by atoms with van der Waals surface area (Å²) in [4.78, 5) is 24.8. The summed E-state index contributed by atoms with van der Waals surface area (Å²) in [6.45, 7) is 1.76. The zero-order valence-corrected chi connectivity index (χ0v) is 16.0. The molecule has 0 aliphatic carbocycles. The molecule has 144 valence electrons. The van der Waals surface area contributed by atoms with Crippen molar-refractivity contribution in [3.8, 4) is 11.5 Å². The van der Waals surface area contributed by atoms with Gasteiger partial charge in [0.1, 0.15) is 0 Å². The zero-order chi connectivity index (χ0) is 20.3. The molecule has 1 N–H and O–H groups in total. The summed E-state index contributed by atoms with van der Waals surface area (Å²) in [6, 6.07) is 12.2. The second kappa shape index (κ2) is 7.91. The van der Waals surface area contributed by atoms with Gasteiger partial charge in [0.25, 0.3) is 11.5 Å². The van der Waals surface area contributed by atoms with Gasteiger partial charge in [-0.1, -0.05) is 18.2 Å². The van der Waals surface area contributed by atoms with Crippen LogP contribution in [0.4, 0.5) is 0 Å². The molecule has 0 fully saturated rings. The van der Waals surface area contributed by atoms with Crippen LogP contribution in [0.5, 0.6) is 11.5 Å². The molecule has 0 atom stereocenters. The summed E-state index contributed by atoms with van der Waals surface area (Å²) in [5.41, 5.74) is 3.69. The molecule has 1 heterocycles. The molecule has 0 radical (unpaired) electrons. The molecule has 3 aromatic rings. The lowest BCUT2D eigenvalue weighted by atomic mass is 10.1. The van der Waals surface area contributed by atoms with Crippen molar-refractivity contribution in [2.24, 2.45) is 12.1 Å². The number of aryl methyl sites for hydroxylation is 1. The number of ether oxygens (including phenoxy) is 2. The molecule has 0 saturated heterocycles. The van der Waals surface area contributed by atoms with Crippen molar-refractivity contribution >= 4 is 22.4 Å². The van der Waals surface area contributed by atoms with Crippen LogP contribution < -0.4 is 20.5 Å². The number of carbonyl (C=O) groups is 1. The van der Waals surface area contributed by atoms with E-state index in [-0.39, 0.29) is 11.3 Å². The predicted octanol–water partition coefficient (Wildman–Crippen LogP) is 2.10. The van der Waals surface area contributed by atoms with Crippen molar-refractivity contribution in [1.82, 2.24) is 15.2 Å². The molecule has 0 aliphatic heterocycles. The van der Waals surface area contributed by atoms with Crippen molar-refractivity contribution in [2.75, 3.05) is 14.2 Å². The van der Waals surface area contributed by atoms with Gasteiger partial charge in [-0.05, 0) is 31.2 Å². The Morgan fingerprint density at radius 1 is 1.07 bits per heavy atom. The van der Waals surface area contributed by atoms with Crippen LogP contribution in [0.3, 0.4) is 0 Å². The molecule has 28 heavy (non-hydrogen) atoms. The fourth-order valence-corrected chi connectivity index (χ4v) is 2.78. The SMILES string of the molecule is COc1ccc(/C(C)=N\NC(=O)c2nn(C)c(=O)c3ccccc23)cc1OC. The monoisotopic (exact) mass is 380 g/mol. The van der Waals surface area contributed by atoms with Gasteiger partial charge in [-0.15, -0.1) is 0 Å². The van der Waals surface area contributed by atoms with E-state index in [0.29, 0.717) is 28.0 Å².